The first kappa shape index (κ1) is 22.8. The molecule has 0 saturated carbocycles. The van der Waals surface area contributed by atoms with E-state index in [1.807, 2.05) is 121 Å². The Labute approximate surface area is 310 Å². The molecule has 9 rings (SSSR count). The van der Waals surface area contributed by atoms with Crippen LogP contribution < -0.4 is 4.90 Å². The highest BCUT2D eigenvalue weighted by atomic mass is 15.1. The molecule has 51 heavy (non-hydrogen) atoms. The van der Waals surface area contributed by atoms with Crippen molar-refractivity contribution >= 4 is 38.6 Å². The third kappa shape index (κ3) is 5.96. The first-order valence-corrected chi connectivity index (χ1v) is 16.9. The highest BCUT2D eigenvalue weighted by molar-refractivity contribution is 6.04. The molecule has 1 heteroatoms. The van der Waals surface area contributed by atoms with E-state index in [0.717, 1.165) is 43.8 Å². The number of nitrogens with zero attached hydrogens (tertiary/aromatic N) is 1. The fourth-order valence-electron chi connectivity index (χ4n) is 6.66. The van der Waals surface area contributed by atoms with Crippen molar-refractivity contribution in [1.82, 2.24) is 0 Å². The molecule has 0 fully saturated rings. The third-order valence-electron chi connectivity index (χ3n) is 9.20. The van der Waals surface area contributed by atoms with Crippen molar-refractivity contribution in [3.63, 3.8) is 0 Å². The van der Waals surface area contributed by atoms with Gasteiger partial charge in [0.15, 0.2) is 0 Å². The monoisotopic (exact) mass is 657 g/mol. The van der Waals surface area contributed by atoms with E-state index in [9.17, 15) is 8.22 Å². The molecule has 0 saturated heterocycles. The zero-order valence-electron chi connectivity index (χ0n) is 35.5. The van der Waals surface area contributed by atoms with Gasteiger partial charge in [0.25, 0.3) is 0 Å². The zero-order valence-corrected chi connectivity index (χ0v) is 27.5. The van der Waals surface area contributed by atoms with Crippen molar-refractivity contribution in [2.75, 3.05) is 4.90 Å². The van der Waals surface area contributed by atoms with E-state index >= 15 is 0 Å². The molecule has 0 radical (unpaired) electrons. The van der Waals surface area contributed by atoms with Crippen molar-refractivity contribution in [1.29, 1.82) is 0 Å². The van der Waals surface area contributed by atoms with E-state index in [0.29, 0.717) is 16.8 Å². The average molecular weight is 658 g/mol. The lowest BCUT2D eigenvalue weighted by Gasteiger charge is -2.26. The topological polar surface area (TPSA) is 3.24 Å². The molecule has 0 heterocycles. The van der Waals surface area contributed by atoms with Crippen molar-refractivity contribution < 1.29 is 11.0 Å². The summed E-state index contributed by atoms with van der Waals surface area (Å²) in [4.78, 5) is 1.35. The Balaban J connectivity index is 1.29. The third-order valence-corrected chi connectivity index (χ3v) is 9.20. The summed E-state index contributed by atoms with van der Waals surface area (Å²) in [5.74, 6) is 0. The van der Waals surface area contributed by atoms with Gasteiger partial charge in [-0.25, -0.2) is 0 Å². The highest BCUT2D eigenvalue weighted by Gasteiger charge is 2.16. The molecule has 0 aliphatic heterocycles. The molecule has 0 atom stereocenters. The van der Waals surface area contributed by atoms with E-state index in [2.05, 4.69) is 6.07 Å². The predicted octanol–water partition coefficient (Wildman–Crippen LogP) is 14.1. The second kappa shape index (κ2) is 13.3. The van der Waals surface area contributed by atoms with Crippen LogP contribution in [-0.2, 0) is 0 Å². The molecule has 240 valence electrons. The summed E-state index contributed by atoms with van der Waals surface area (Å²) in [5, 5.41) is 4.03. The van der Waals surface area contributed by atoms with Crippen molar-refractivity contribution in [2.45, 2.75) is 0 Å². The standard InChI is InChI=1S/C50H35N/c1-3-11-36(12-4-1)38-21-28-45(29-22-38)51(46-30-23-39(24-31-46)44-20-19-37-13-7-8-17-43(37)35-44)47-32-25-41(26-33-47)49-34-27-40-14-9-10-18-48(40)50(49)42-15-5-2-6-16-42/h1-35H/i21D,22D,25D,26D,28D,29D,32D,33D. The van der Waals surface area contributed by atoms with E-state index in [-0.39, 0.29) is 58.8 Å². The number of rotatable bonds is 7. The molecule has 0 bridgehead atoms. The van der Waals surface area contributed by atoms with Crippen LogP contribution in [0.1, 0.15) is 11.0 Å². The maximum atomic E-state index is 9.62. The average Bonchev–Trinajstić information content (AvgIpc) is 3.28. The minimum Gasteiger partial charge on any atom is -0.311 e. The molecule has 0 unspecified atom stereocenters. The van der Waals surface area contributed by atoms with Crippen LogP contribution in [0.25, 0.3) is 66.1 Å². The van der Waals surface area contributed by atoms with Gasteiger partial charge in [0.1, 0.15) is 0 Å². The summed E-state index contributed by atoms with van der Waals surface area (Å²) in [6.07, 6.45) is 0. The van der Waals surface area contributed by atoms with Crippen LogP contribution >= 0.6 is 0 Å². The lowest BCUT2D eigenvalue weighted by Crippen LogP contribution is -2.09. The summed E-state index contributed by atoms with van der Waals surface area (Å²) in [5.41, 5.74) is 4.68. The molecule has 0 aliphatic carbocycles. The number of hydrogen-bond donors (Lipinski definition) is 0. The SMILES string of the molecule is [2H]c1c([2H])c(N(c2ccc(-c3ccc4ccccc4c3)cc2)c2c([2H])c([2H])c(-c3ccc4ccccc4c3-c3ccccc3)c([2H])c2[2H])c([2H])c([2H])c1-c1ccccc1. The molecule has 9 aromatic carbocycles. The molecule has 0 aliphatic rings. The summed E-state index contributed by atoms with van der Waals surface area (Å²) >= 11 is 0. The Morgan fingerprint density at radius 2 is 0.824 bits per heavy atom. The first-order valence-electron chi connectivity index (χ1n) is 20.9. The number of benzene rings is 9. The van der Waals surface area contributed by atoms with Crippen LogP contribution in [0.2, 0.25) is 0 Å². The maximum absolute atomic E-state index is 9.62. The number of anilines is 3. The Morgan fingerprint density at radius 3 is 1.51 bits per heavy atom. The van der Waals surface area contributed by atoms with Gasteiger partial charge in [0.05, 0.1) is 11.0 Å². The Kier molecular flexibility index (Phi) is 5.96. The number of hydrogen-bond acceptors (Lipinski definition) is 1. The second-order valence-electron chi connectivity index (χ2n) is 12.3. The summed E-state index contributed by atoms with van der Waals surface area (Å²) < 4.78 is 75.5. The van der Waals surface area contributed by atoms with E-state index in [4.69, 9.17) is 2.74 Å². The van der Waals surface area contributed by atoms with Crippen LogP contribution in [0.15, 0.2) is 212 Å². The first-order chi connectivity index (χ1) is 28.6. The number of fused-ring (bicyclic) bond motifs is 2. The normalized spacial score (nSPS) is 13.3. The Hall–Kier alpha value is -6.70. The molecular weight excluding hydrogens is 615 g/mol. The van der Waals surface area contributed by atoms with Crippen molar-refractivity contribution in [2.24, 2.45) is 0 Å². The van der Waals surface area contributed by atoms with Crippen molar-refractivity contribution in [3.8, 4) is 44.5 Å². The molecule has 0 amide bonds. The largest absolute Gasteiger partial charge is 0.311 e. The van der Waals surface area contributed by atoms with Gasteiger partial charge in [-0.05, 0) is 108 Å². The van der Waals surface area contributed by atoms with E-state index < -0.39 is 12.1 Å². The van der Waals surface area contributed by atoms with Gasteiger partial charge in [-0.2, -0.15) is 0 Å². The fraction of sp³-hybridized carbons (Fsp3) is 0. The fourth-order valence-corrected chi connectivity index (χ4v) is 6.66. The van der Waals surface area contributed by atoms with Gasteiger partial charge in [0, 0.05) is 17.1 Å². The van der Waals surface area contributed by atoms with Gasteiger partial charge >= 0.3 is 0 Å². The molecule has 0 aromatic heterocycles. The van der Waals surface area contributed by atoms with Gasteiger partial charge in [-0.15, -0.1) is 0 Å². The molecule has 0 N–H and O–H groups in total. The highest BCUT2D eigenvalue weighted by Crippen LogP contribution is 2.41. The minimum atomic E-state index is -0.393. The quantitative estimate of drug-likeness (QED) is 0.165. The minimum absolute atomic E-state index is 0.110. The van der Waals surface area contributed by atoms with E-state index in [1.54, 1.807) is 36.4 Å². The van der Waals surface area contributed by atoms with Crippen LogP contribution in [-0.4, -0.2) is 0 Å². The van der Waals surface area contributed by atoms with Crippen LogP contribution in [0.4, 0.5) is 17.1 Å². The lowest BCUT2D eigenvalue weighted by molar-refractivity contribution is 1.28. The summed E-state index contributed by atoms with van der Waals surface area (Å²) in [7, 11) is 0. The van der Waals surface area contributed by atoms with Crippen LogP contribution in [0, 0.1) is 0 Å². The Morgan fingerprint density at radius 1 is 0.314 bits per heavy atom. The van der Waals surface area contributed by atoms with Crippen LogP contribution in [0.3, 0.4) is 0 Å². The predicted molar refractivity (Wildman–Crippen MR) is 218 cm³/mol. The summed E-state index contributed by atoms with van der Waals surface area (Å²) in [6, 6.07) is 48.8. The second-order valence-corrected chi connectivity index (χ2v) is 12.3. The van der Waals surface area contributed by atoms with Gasteiger partial charge < -0.3 is 4.90 Å². The lowest BCUT2D eigenvalue weighted by atomic mass is 9.90. The van der Waals surface area contributed by atoms with Gasteiger partial charge in [-0.1, -0.05) is 170 Å². The molecule has 1 nitrogen and oxygen atoms in total. The van der Waals surface area contributed by atoms with E-state index in [1.165, 1.54) is 4.90 Å². The molecule has 9 aromatic rings. The van der Waals surface area contributed by atoms with Gasteiger partial charge in [-0.3, -0.25) is 0 Å². The molecule has 0 spiro atoms. The summed E-state index contributed by atoms with van der Waals surface area (Å²) in [6.45, 7) is 0. The zero-order chi connectivity index (χ0) is 40.9. The smallest absolute Gasteiger partial charge is 0.0645 e. The van der Waals surface area contributed by atoms with Crippen molar-refractivity contribution in [3.05, 3.63) is 212 Å². The van der Waals surface area contributed by atoms with Crippen LogP contribution in [0.5, 0.6) is 0 Å². The Bertz CT molecular complexity index is 3020. The van der Waals surface area contributed by atoms with Gasteiger partial charge in [0.2, 0.25) is 0 Å². The molecular formula is C50H35N. The maximum Gasteiger partial charge on any atom is 0.0645 e.